The summed E-state index contributed by atoms with van der Waals surface area (Å²) in [6.07, 6.45) is 0. The molecule has 1 fully saturated rings. The Labute approximate surface area is 134 Å². The van der Waals surface area contributed by atoms with Crippen LogP contribution in [0.1, 0.15) is 20.8 Å². The molecule has 1 aliphatic heterocycles. The number of aromatic nitrogens is 1. The Kier molecular flexibility index (Phi) is 3.72. The van der Waals surface area contributed by atoms with Crippen LogP contribution < -0.4 is 15.0 Å². The van der Waals surface area contributed by atoms with E-state index < -0.39 is 0 Å². The monoisotopic (exact) mass is 319 g/mol. The molecule has 22 heavy (non-hydrogen) atoms. The summed E-state index contributed by atoms with van der Waals surface area (Å²) in [5.74, 6) is 0.952. The van der Waals surface area contributed by atoms with Crippen LogP contribution in [0.25, 0.3) is 10.2 Å². The van der Waals surface area contributed by atoms with Crippen molar-refractivity contribution in [3.63, 3.8) is 0 Å². The molecule has 6 heteroatoms. The van der Waals surface area contributed by atoms with Gasteiger partial charge in [-0.1, -0.05) is 32.1 Å². The number of benzene rings is 1. The zero-order valence-electron chi connectivity index (χ0n) is 13.3. The van der Waals surface area contributed by atoms with Crippen LogP contribution in [0, 0.1) is 5.41 Å². The van der Waals surface area contributed by atoms with E-state index in [2.05, 4.69) is 15.2 Å². The van der Waals surface area contributed by atoms with E-state index in [9.17, 15) is 4.79 Å². The lowest BCUT2D eigenvalue weighted by Crippen LogP contribution is -2.60. The summed E-state index contributed by atoms with van der Waals surface area (Å²) in [6.45, 7) is 7.43. The van der Waals surface area contributed by atoms with Crippen molar-refractivity contribution in [3.05, 3.63) is 18.2 Å². The molecule has 1 saturated heterocycles. The molecule has 0 atom stereocenters. The Morgan fingerprint density at radius 1 is 1.41 bits per heavy atom. The van der Waals surface area contributed by atoms with E-state index in [-0.39, 0.29) is 17.4 Å². The number of anilines is 1. The average Bonchev–Trinajstić information content (AvgIpc) is 2.82. The predicted molar refractivity (Wildman–Crippen MR) is 89.8 cm³/mol. The van der Waals surface area contributed by atoms with Gasteiger partial charge < -0.3 is 15.0 Å². The maximum absolute atomic E-state index is 12.0. The number of carbonyl (C=O) groups is 1. The highest BCUT2D eigenvalue weighted by molar-refractivity contribution is 7.22. The Morgan fingerprint density at radius 2 is 2.14 bits per heavy atom. The number of hydrogen-bond acceptors (Lipinski definition) is 5. The van der Waals surface area contributed by atoms with Crippen LogP contribution in [0.2, 0.25) is 0 Å². The molecule has 1 amide bonds. The standard InChI is InChI=1S/C16H21N3O2S/c1-16(2,3)14(20)17-10-8-19(9-10)15-18-12-6-5-11(21-4)7-13(12)22-15/h5-7,10H,8-9H2,1-4H3,(H,17,20). The van der Waals surface area contributed by atoms with Gasteiger partial charge in [0.25, 0.3) is 0 Å². The number of nitrogens with one attached hydrogen (secondary N) is 1. The van der Waals surface area contributed by atoms with E-state index in [1.54, 1.807) is 18.4 Å². The van der Waals surface area contributed by atoms with E-state index >= 15 is 0 Å². The summed E-state index contributed by atoms with van der Waals surface area (Å²) < 4.78 is 6.36. The van der Waals surface area contributed by atoms with Crippen LogP contribution in [0.15, 0.2) is 18.2 Å². The first-order valence-corrected chi connectivity index (χ1v) is 8.19. The first kappa shape index (κ1) is 15.1. The Hall–Kier alpha value is -1.82. The number of rotatable bonds is 3. The van der Waals surface area contributed by atoms with Crippen LogP contribution in [0.4, 0.5) is 5.13 Å². The number of fused-ring (bicyclic) bond motifs is 1. The average molecular weight is 319 g/mol. The molecule has 2 aromatic rings. The summed E-state index contributed by atoms with van der Waals surface area (Å²) in [4.78, 5) is 18.8. The minimum atomic E-state index is -0.340. The number of carbonyl (C=O) groups excluding carboxylic acids is 1. The van der Waals surface area contributed by atoms with Gasteiger partial charge in [0, 0.05) is 18.5 Å². The highest BCUT2D eigenvalue weighted by Crippen LogP contribution is 2.33. The second-order valence-corrected chi connectivity index (χ2v) is 7.66. The molecule has 1 aliphatic rings. The Morgan fingerprint density at radius 3 is 2.77 bits per heavy atom. The van der Waals surface area contributed by atoms with Crippen molar-refractivity contribution in [1.82, 2.24) is 10.3 Å². The van der Waals surface area contributed by atoms with Crippen LogP contribution in [-0.2, 0) is 4.79 Å². The molecule has 0 unspecified atom stereocenters. The van der Waals surface area contributed by atoms with Gasteiger partial charge in [0.1, 0.15) is 5.75 Å². The normalized spacial score (nSPS) is 15.7. The van der Waals surface area contributed by atoms with Gasteiger partial charge in [-0.3, -0.25) is 4.79 Å². The van der Waals surface area contributed by atoms with Crippen LogP contribution in [-0.4, -0.2) is 37.1 Å². The fraction of sp³-hybridized carbons (Fsp3) is 0.500. The lowest BCUT2D eigenvalue weighted by Gasteiger charge is -2.40. The molecular formula is C16H21N3O2S. The number of ether oxygens (including phenoxy) is 1. The molecule has 1 aromatic heterocycles. The summed E-state index contributed by atoms with van der Waals surface area (Å²) in [5, 5.41) is 4.09. The molecule has 1 N–H and O–H groups in total. The molecule has 0 bridgehead atoms. The quantitative estimate of drug-likeness (QED) is 0.945. The van der Waals surface area contributed by atoms with Crippen molar-refractivity contribution >= 4 is 32.6 Å². The van der Waals surface area contributed by atoms with Crippen molar-refractivity contribution in [2.75, 3.05) is 25.1 Å². The topological polar surface area (TPSA) is 54.5 Å². The molecular weight excluding hydrogens is 298 g/mol. The zero-order valence-corrected chi connectivity index (χ0v) is 14.2. The Balaban J connectivity index is 1.64. The first-order valence-electron chi connectivity index (χ1n) is 7.37. The molecule has 3 rings (SSSR count). The molecule has 0 radical (unpaired) electrons. The molecule has 0 aliphatic carbocycles. The molecule has 0 spiro atoms. The SMILES string of the molecule is COc1ccc2nc(N3CC(NC(=O)C(C)(C)C)C3)sc2c1. The van der Waals surface area contributed by atoms with Gasteiger partial charge in [-0.2, -0.15) is 0 Å². The van der Waals surface area contributed by atoms with Gasteiger partial charge in [-0.25, -0.2) is 4.98 Å². The van der Waals surface area contributed by atoms with Gasteiger partial charge in [-0.05, 0) is 18.2 Å². The van der Waals surface area contributed by atoms with Crippen LogP contribution in [0.3, 0.4) is 0 Å². The van der Waals surface area contributed by atoms with E-state index in [0.29, 0.717) is 0 Å². The van der Waals surface area contributed by atoms with Gasteiger partial charge in [-0.15, -0.1) is 0 Å². The number of hydrogen-bond donors (Lipinski definition) is 1. The van der Waals surface area contributed by atoms with Crippen molar-refractivity contribution in [2.45, 2.75) is 26.8 Å². The number of nitrogens with zero attached hydrogens (tertiary/aromatic N) is 2. The third-order valence-electron chi connectivity index (χ3n) is 3.75. The third-order valence-corrected chi connectivity index (χ3v) is 4.83. The molecule has 5 nitrogen and oxygen atoms in total. The molecule has 2 heterocycles. The molecule has 0 saturated carbocycles. The maximum Gasteiger partial charge on any atom is 0.225 e. The second-order valence-electron chi connectivity index (χ2n) is 6.66. The lowest BCUT2D eigenvalue weighted by molar-refractivity contribution is -0.129. The number of thiazole rings is 1. The van der Waals surface area contributed by atoms with Gasteiger partial charge in [0.05, 0.1) is 23.4 Å². The predicted octanol–water partition coefficient (Wildman–Crippen LogP) is 2.66. The maximum atomic E-state index is 12.0. The largest absolute Gasteiger partial charge is 0.497 e. The number of methoxy groups -OCH3 is 1. The van der Waals surface area contributed by atoms with Crippen molar-refractivity contribution in [1.29, 1.82) is 0 Å². The highest BCUT2D eigenvalue weighted by atomic mass is 32.1. The van der Waals surface area contributed by atoms with Crippen molar-refractivity contribution in [3.8, 4) is 5.75 Å². The summed E-state index contributed by atoms with van der Waals surface area (Å²) in [5.41, 5.74) is 0.648. The first-order chi connectivity index (χ1) is 10.4. The fourth-order valence-electron chi connectivity index (χ4n) is 2.28. The second kappa shape index (κ2) is 5.43. The smallest absolute Gasteiger partial charge is 0.225 e. The van der Waals surface area contributed by atoms with Crippen molar-refractivity contribution in [2.24, 2.45) is 5.41 Å². The fourth-order valence-corrected chi connectivity index (χ4v) is 3.30. The summed E-state index contributed by atoms with van der Waals surface area (Å²) in [7, 11) is 1.67. The number of amides is 1. The van der Waals surface area contributed by atoms with Gasteiger partial charge >= 0.3 is 0 Å². The summed E-state index contributed by atoms with van der Waals surface area (Å²) >= 11 is 1.66. The van der Waals surface area contributed by atoms with E-state index in [0.717, 1.165) is 34.2 Å². The minimum Gasteiger partial charge on any atom is -0.497 e. The van der Waals surface area contributed by atoms with Crippen LogP contribution >= 0.6 is 11.3 Å². The van der Waals surface area contributed by atoms with E-state index in [1.807, 2.05) is 39.0 Å². The highest BCUT2D eigenvalue weighted by Gasteiger charge is 2.32. The van der Waals surface area contributed by atoms with Gasteiger partial charge in [0.15, 0.2) is 5.13 Å². The molecule has 118 valence electrons. The van der Waals surface area contributed by atoms with E-state index in [1.165, 1.54) is 0 Å². The lowest BCUT2D eigenvalue weighted by atomic mass is 9.94. The zero-order chi connectivity index (χ0) is 15.9. The van der Waals surface area contributed by atoms with Crippen molar-refractivity contribution < 1.29 is 9.53 Å². The minimum absolute atomic E-state index is 0.103. The van der Waals surface area contributed by atoms with E-state index in [4.69, 9.17) is 4.74 Å². The Bertz CT molecular complexity index is 699. The van der Waals surface area contributed by atoms with Gasteiger partial charge in [0.2, 0.25) is 5.91 Å². The van der Waals surface area contributed by atoms with Crippen LogP contribution in [0.5, 0.6) is 5.75 Å². The third kappa shape index (κ3) is 2.88. The molecule has 1 aromatic carbocycles. The summed E-state index contributed by atoms with van der Waals surface area (Å²) in [6, 6.07) is 6.13.